The zero-order valence-corrected chi connectivity index (χ0v) is 18.0. The molecule has 27 heavy (non-hydrogen) atoms. The molecule has 3 heteroatoms. The van der Waals surface area contributed by atoms with E-state index in [0.29, 0.717) is 17.4 Å². The Morgan fingerprint density at radius 1 is 1.11 bits per heavy atom. The zero-order chi connectivity index (χ0) is 19.4. The van der Waals surface area contributed by atoms with Gasteiger partial charge >= 0.3 is 0 Å². The molecule has 0 bridgehead atoms. The molecule has 4 rings (SSSR count). The number of allylic oxidation sites excluding steroid dienone is 1. The van der Waals surface area contributed by atoms with Gasteiger partial charge in [-0.05, 0) is 106 Å². The van der Waals surface area contributed by atoms with Crippen molar-refractivity contribution in [1.82, 2.24) is 0 Å². The Morgan fingerprint density at radius 2 is 1.89 bits per heavy atom. The fourth-order valence-corrected chi connectivity index (χ4v) is 7.28. The lowest BCUT2D eigenvalue weighted by Gasteiger charge is -2.60. The van der Waals surface area contributed by atoms with E-state index in [1.165, 1.54) is 50.7 Å². The number of oxime groups is 1. The lowest BCUT2D eigenvalue weighted by Crippen LogP contribution is -2.53. The van der Waals surface area contributed by atoms with E-state index in [-0.39, 0.29) is 5.60 Å². The van der Waals surface area contributed by atoms with Crippen LogP contribution in [0.15, 0.2) is 17.3 Å². The quantitative estimate of drug-likeness (QED) is 0.510. The predicted octanol–water partition coefficient (Wildman–Crippen LogP) is 5.70. The van der Waals surface area contributed by atoms with Crippen molar-refractivity contribution in [3.63, 3.8) is 0 Å². The second kappa shape index (κ2) is 6.61. The first-order chi connectivity index (χ1) is 12.7. The summed E-state index contributed by atoms with van der Waals surface area (Å²) in [5, 5.41) is 4.55. The third-order valence-electron chi connectivity index (χ3n) is 9.37. The van der Waals surface area contributed by atoms with Crippen molar-refractivity contribution in [2.75, 3.05) is 6.54 Å². The summed E-state index contributed by atoms with van der Waals surface area (Å²) in [5.74, 6) is 3.51. The molecule has 0 saturated heterocycles. The summed E-state index contributed by atoms with van der Waals surface area (Å²) in [6.45, 7) is 14.1. The second-order valence-electron chi connectivity index (χ2n) is 11.2. The molecule has 0 aromatic rings. The van der Waals surface area contributed by atoms with E-state index in [4.69, 9.17) is 10.6 Å². The summed E-state index contributed by atoms with van der Waals surface area (Å²) < 4.78 is 0. The van der Waals surface area contributed by atoms with Crippen LogP contribution in [-0.4, -0.2) is 17.9 Å². The molecule has 4 saturated carbocycles. The van der Waals surface area contributed by atoms with Crippen LogP contribution in [0.2, 0.25) is 0 Å². The molecule has 4 unspecified atom stereocenters. The molecule has 0 aliphatic heterocycles. The monoisotopic (exact) mass is 372 g/mol. The van der Waals surface area contributed by atoms with Crippen molar-refractivity contribution in [2.24, 2.45) is 45.4 Å². The van der Waals surface area contributed by atoms with Crippen molar-refractivity contribution in [3.05, 3.63) is 12.2 Å². The highest BCUT2D eigenvalue weighted by atomic mass is 16.6. The first-order valence-corrected chi connectivity index (χ1v) is 11.3. The van der Waals surface area contributed by atoms with Gasteiger partial charge in [0.15, 0.2) is 0 Å². The molecule has 3 nitrogen and oxygen atoms in total. The predicted molar refractivity (Wildman–Crippen MR) is 113 cm³/mol. The van der Waals surface area contributed by atoms with E-state index >= 15 is 0 Å². The van der Waals surface area contributed by atoms with Crippen LogP contribution in [0.25, 0.3) is 0 Å². The maximum Gasteiger partial charge on any atom is 0.144 e. The molecule has 4 fully saturated rings. The van der Waals surface area contributed by atoms with Gasteiger partial charge in [-0.3, -0.25) is 0 Å². The normalized spacial score (nSPS) is 46.0. The molecule has 2 N–H and O–H groups in total. The van der Waals surface area contributed by atoms with Crippen LogP contribution in [0.3, 0.4) is 0 Å². The molecular weight excluding hydrogens is 332 g/mol. The maximum atomic E-state index is 5.78. The summed E-state index contributed by atoms with van der Waals surface area (Å²) in [7, 11) is 0. The Kier molecular flexibility index (Phi) is 4.77. The Bertz CT molecular complexity index is 638. The summed E-state index contributed by atoms with van der Waals surface area (Å²) in [6.07, 6.45) is 11.8. The third kappa shape index (κ3) is 3.09. The molecule has 0 aromatic heterocycles. The number of nitrogens with zero attached hydrogens (tertiary/aromatic N) is 1. The van der Waals surface area contributed by atoms with Crippen molar-refractivity contribution in [2.45, 2.75) is 91.1 Å². The molecule has 4 aliphatic carbocycles. The van der Waals surface area contributed by atoms with Crippen molar-refractivity contribution in [1.29, 1.82) is 0 Å². The molecule has 0 heterocycles. The minimum absolute atomic E-state index is 0.357. The van der Waals surface area contributed by atoms with Crippen LogP contribution in [0, 0.1) is 34.5 Å². The van der Waals surface area contributed by atoms with Gasteiger partial charge in [0.25, 0.3) is 0 Å². The number of hydrogen-bond acceptors (Lipinski definition) is 3. The van der Waals surface area contributed by atoms with E-state index in [1.807, 2.05) is 13.8 Å². The van der Waals surface area contributed by atoms with Crippen LogP contribution >= 0.6 is 0 Å². The topological polar surface area (TPSA) is 47.6 Å². The fraction of sp³-hybridized carbons (Fsp3) is 0.875. The smallest absolute Gasteiger partial charge is 0.144 e. The van der Waals surface area contributed by atoms with E-state index in [1.54, 1.807) is 5.57 Å². The average molecular weight is 373 g/mol. The number of fused-ring (bicyclic) bond motifs is 5. The average Bonchev–Trinajstić information content (AvgIpc) is 2.95. The van der Waals surface area contributed by atoms with Gasteiger partial charge in [-0.2, -0.15) is 0 Å². The van der Waals surface area contributed by atoms with Gasteiger partial charge in [0, 0.05) is 6.54 Å². The van der Waals surface area contributed by atoms with Gasteiger partial charge in [-0.25, -0.2) is 0 Å². The lowest BCUT2D eigenvalue weighted by molar-refractivity contribution is -0.0866. The minimum Gasteiger partial charge on any atom is -0.389 e. The van der Waals surface area contributed by atoms with Gasteiger partial charge in [-0.1, -0.05) is 31.2 Å². The molecule has 0 spiro atoms. The SMILES string of the molecule is C=C1CCC2C3CCC4CC(=NOC(C)(C)CN)CC[C@]4(C)C3CC[C@]12C. The van der Waals surface area contributed by atoms with Gasteiger partial charge in [-0.15, -0.1) is 0 Å². The Balaban J connectivity index is 1.49. The third-order valence-corrected chi connectivity index (χ3v) is 9.37. The van der Waals surface area contributed by atoms with Gasteiger partial charge < -0.3 is 10.6 Å². The standard InChI is InChI=1S/C24H40N2O/c1-16-6-9-20-19-8-7-17-14-18(26-27-22(2,3)15-25)10-12-24(17,5)21(19)11-13-23(16,20)4/h17,19-21H,1,6-15,25H2,2-5H3/t17?,19?,20?,21?,23-,24+/m1/s1. The summed E-state index contributed by atoms with van der Waals surface area (Å²) >= 11 is 0. The molecule has 6 atom stereocenters. The van der Waals surface area contributed by atoms with Crippen LogP contribution < -0.4 is 5.73 Å². The van der Waals surface area contributed by atoms with E-state index < -0.39 is 0 Å². The van der Waals surface area contributed by atoms with Gasteiger partial charge in [0.1, 0.15) is 5.60 Å². The van der Waals surface area contributed by atoms with E-state index in [2.05, 4.69) is 25.6 Å². The minimum atomic E-state index is -0.357. The first kappa shape index (κ1) is 19.5. The van der Waals surface area contributed by atoms with Crippen LogP contribution in [0.4, 0.5) is 0 Å². The maximum absolute atomic E-state index is 5.78. The molecule has 0 amide bonds. The Morgan fingerprint density at radius 3 is 2.63 bits per heavy atom. The van der Waals surface area contributed by atoms with Gasteiger partial charge in [0.05, 0.1) is 5.71 Å². The zero-order valence-electron chi connectivity index (χ0n) is 18.0. The second-order valence-corrected chi connectivity index (χ2v) is 11.2. The van der Waals surface area contributed by atoms with Crippen molar-refractivity contribution in [3.8, 4) is 0 Å². The van der Waals surface area contributed by atoms with Crippen LogP contribution in [0.1, 0.15) is 85.5 Å². The van der Waals surface area contributed by atoms with Crippen molar-refractivity contribution >= 4 is 5.71 Å². The molecule has 152 valence electrons. The van der Waals surface area contributed by atoms with Crippen LogP contribution in [0.5, 0.6) is 0 Å². The van der Waals surface area contributed by atoms with E-state index in [9.17, 15) is 0 Å². The highest BCUT2D eigenvalue weighted by Gasteiger charge is 2.58. The highest BCUT2D eigenvalue weighted by molar-refractivity contribution is 5.85. The van der Waals surface area contributed by atoms with Gasteiger partial charge in [0.2, 0.25) is 0 Å². The highest BCUT2D eigenvalue weighted by Crippen LogP contribution is 2.66. The molecular formula is C24H40N2O. The summed E-state index contributed by atoms with van der Waals surface area (Å²) in [4.78, 5) is 5.77. The molecule has 4 aliphatic rings. The lowest BCUT2D eigenvalue weighted by atomic mass is 9.45. The summed E-state index contributed by atoms with van der Waals surface area (Å²) in [5.41, 5.74) is 9.18. The van der Waals surface area contributed by atoms with E-state index in [0.717, 1.165) is 36.5 Å². The number of hydrogen-bond donors (Lipinski definition) is 1. The molecule has 0 radical (unpaired) electrons. The van der Waals surface area contributed by atoms with Crippen LogP contribution in [-0.2, 0) is 4.84 Å². The Labute approximate surface area is 166 Å². The largest absolute Gasteiger partial charge is 0.389 e. The number of rotatable bonds is 3. The fourth-order valence-electron chi connectivity index (χ4n) is 7.28. The molecule has 0 aromatic carbocycles. The van der Waals surface area contributed by atoms with Crippen molar-refractivity contribution < 1.29 is 4.84 Å². The first-order valence-electron chi connectivity index (χ1n) is 11.3. The summed E-state index contributed by atoms with van der Waals surface area (Å²) in [6, 6.07) is 0. The Hall–Kier alpha value is -0.830. The number of nitrogens with two attached hydrogens (primary N) is 1.